The molecule has 4 nitrogen and oxygen atoms in total. The van der Waals surface area contributed by atoms with E-state index in [1.165, 1.54) is 14.2 Å². The molecule has 0 saturated carbocycles. The molecule has 0 aromatic carbocycles. The molecule has 0 aliphatic heterocycles. The Kier molecular flexibility index (Phi) is 4.38. The molecular weight excluding hydrogens is 268 g/mol. The largest absolute Gasteiger partial charge is 0.465 e. The Morgan fingerprint density at radius 1 is 0.905 bits per heavy atom. The maximum absolute atomic E-state index is 12.2. The number of ether oxygens (including phenoxy) is 2. The van der Waals surface area contributed by atoms with E-state index in [1.807, 2.05) is 37.3 Å². The molecule has 0 amide bonds. The highest BCUT2D eigenvalue weighted by molar-refractivity contribution is 6.09. The highest BCUT2D eigenvalue weighted by Crippen LogP contribution is 2.30. The summed E-state index contributed by atoms with van der Waals surface area (Å²) in [5.74, 6) is -1.14. The van der Waals surface area contributed by atoms with E-state index >= 15 is 0 Å². The van der Waals surface area contributed by atoms with Crippen molar-refractivity contribution in [3.05, 3.63) is 70.4 Å². The third-order valence-corrected chi connectivity index (χ3v) is 3.22. The number of rotatable bonds is 2. The maximum Gasteiger partial charge on any atom is 0.339 e. The molecule has 0 spiro atoms. The van der Waals surface area contributed by atoms with E-state index in [0.717, 1.165) is 11.1 Å². The van der Waals surface area contributed by atoms with Gasteiger partial charge in [-0.15, -0.1) is 0 Å². The Hall–Kier alpha value is -2.62. The number of esters is 2. The predicted molar refractivity (Wildman–Crippen MR) is 79.3 cm³/mol. The fraction of sp³-hybridized carbons (Fsp3) is 0.176. The number of carbonyl (C=O) groups is 2. The molecule has 0 N–H and O–H groups in total. The second-order valence-electron chi connectivity index (χ2n) is 4.58. The van der Waals surface area contributed by atoms with E-state index in [9.17, 15) is 9.59 Å². The van der Waals surface area contributed by atoms with E-state index < -0.39 is 11.9 Å². The van der Waals surface area contributed by atoms with Gasteiger partial charge in [-0.1, -0.05) is 42.0 Å². The van der Waals surface area contributed by atoms with E-state index in [1.54, 1.807) is 12.2 Å². The van der Waals surface area contributed by atoms with Gasteiger partial charge in [0.05, 0.1) is 25.4 Å². The summed E-state index contributed by atoms with van der Waals surface area (Å²) in [5.41, 5.74) is 2.91. The normalized spacial score (nSPS) is 17.0. The zero-order valence-corrected chi connectivity index (χ0v) is 12.2. The minimum absolute atomic E-state index is 0.184. The molecule has 2 aliphatic rings. The van der Waals surface area contributed by atoms with Crippen molar-refractivity contribution in [1.82, 2.24) is 0 Å². The molecule has 0 saturated heterocycles. The number of carbonyl (C=O) groups excluding carboxylic acids is 2. The van der Waals surface area contributed by atoms with Gasteiger partial charge in [0.15, 0.2) is 0 Å². The topological polar surface area (TPSA) is 52.6 Å². The van der Waals surface area contributed by atoms with Crippen LogP contribution in [0.1, 0.15) is 6.92 Å². The summed E-state index contributed by atoms with van der Waals surface area (Å²) in [4.78, 5) is 24.1. The highest BCUT2D eigenvalue weighted by atomic mass is 16.5. The smallest absolute Gasteiger partial charge is 0.339 e. The zero-order chi connectivity index (χ0) is 15.4. The third-order valence-electron chi connectivity index (χ3n) is 3.22. The molecule has 108 valence electrons. The molecule has 0 unspecified atom stereocenters. The van der Waals surface area contributed by atoms with Crippen LogP contribution in [0.25, 0.3) is 0 Å². The first-order valence-electron chi connectivity index (χ1n) is 6.45. The minimum Gasteiger partial charge on any atom is -0.465 e. The first kappa shape index (κ1) is 14.8. The first-order chi connectivity index (χ1) is 10.1. The van der Waals surface area contributed by atoms with Gasteiger partial charge in [-0.05, 0) is 24.1 Å². The molecule has 0 bridgehead atoms. The lowest BCUT2D eigenvalue weighted by Gasteiger charge is -2.12. The number of methoxy groups -OCH3 is 2. The summed E-state index contributed by atoms with van der Waals surface area (Å²) in [7, 11) is 2.57. The standard InChI is InChI=1S/C17H16O4/c1-11-7-9-12-5-4-6-14(16(18)20-2)15(17(19)21-3)13(12)10-8-11/h4-10H,1-3H3. The van der Waals surface area contributed by atoms with Crippen LogP contribution in [0.5, 0.6) is 0 Å². The van der Waals surface area contributed by atoms with E-state index in [4.69, 9.17) is 9.47 Å². The van der Waals surface area contributed by atoms with Crippen LogP contribution in [0.3, 0.4) is 0 Å². The Balaban J connectivity index is 2.71. The van der Waals surface area contributed by atoms with Crippen LogP contribution in [-0.4, -0.2) is 26.2 Å². The monoisotopic (exact) mass is 284 g/mol. The van der Waals surface area contributed by atoms with Gasteiger partial charge >= 0.3 is 11.9 Å². The van der Waals surface area contributed by atoms with Crippen LogP contribution >= 0.6 is 0 Å². The van der Waals surface area contributed by atoms with Crippen LogP contribution in [0.15, 0.2) is 70.4 Å². The maximum atomic E-state index is 12.2. The molecule has 0 aromatic rings. The third kappa shape index (κ3) is 2.94. The van der Waals surface area contributed by atoms with Gasteiger partial charge < -0.3 is 9.47 Å². The van der Waals surface area contributed by atoms with Gasteiger partial charge in [0.2, 0.25) is 0 Å². The molecule has 0 radical (unpaired) electrons. The molecule has 21 heavy (non-hydrogen) atoms. The Morgan fingerprint density at radius 3 is 2.29 bits per heavy atom. The number of allylic oxidation sites excluding steroid dienone is 10. The summed E-state index contributed by atoms with van der Waals surface area (Å²) in [6.07, 6.45) is 12.7. The quantitative estimate of drug-likeness (QED) is 0.731. The lowest BCUT2D eigenvalue weighted by Crippen LogP contribution is -2.16. The van der Waals surface area contributed by atoms with Gasteiger partial charge in [-0.25, -0.2) is 9.59 Å². The lowest BCUT2D eigenvalue weighted by atomic mass is 9.95. The van der Waals surface area contributed by atoms with Gasteiger partial charge in [-0.2, -0.15) is 0 Å². The van der Waals surface area contributed by atoms with Crippen molar-refractivity contribution in [1.29, 1.82) is 0 Å². The molecular formula is C17H16O4. The lowest BCUT2D eigenvalue weighted by molar-refractivity contribution is -0.139. The Bertz CT molecular complexity index is 667. The summed E-state index contributed by atoms with van der Waals surface area (Å²) in [6.45, 7) is 1.96. The molecule has 2 rings (SSSR count). The SMILES string of the molecule is COC(=O)C1=CC=CC2=CC=C(C)C=CC2=C1C(=O)OC. The first-order valence-corrected chi connectivity index (χ1v) is 6.45. The number of hydrogen-bond acceptors (Lipinski definition) is 4. The van der Waals surface area contributed by atoms with Crippen LogP contribution in [-0.2, 0) is 19.1 Å². The summed E-state index contributed by atoms with van der Waals surface area (Å²) < 4.78 is 9.60. The van der Waals surface area contributed by atoms with Crippen LogP contribution in [0.2, 0.25) is 0 Å². The fourth-order valence-corrected chi connectivity index (χ4v) is 2.13. The van der Waals surface area contributed by atoms with Gasteiger partial charge in [0.25, 0.3) is 0 Å². The average Bonchev–Trinajstić information content (AvgIpc) is 2.78. The van der Waals surface area contributed by atoms with Crippen molar-refractivity contribution in [2.75, 3.05) is 14.2 Å². The Morgan fingerprint density at radius 2 is 1.62 bits per heavy atom. The van der Waals surface area contributed by atoms with Crippen molar-refractivity contribution in [3.8, 4) is 0 Å². The van der Waals surface area contributed by atoms with Gasteiger partial charge in [0.1, 0.15) is 0 Å². The van der Waals surface area contributed by atoms with Gasteiger partial charge in [0, 0.05) is 0 Å². The van der Waals surface area contributed by atoms with Crippen LogP contribution in [0, 0.1) is 0 Å². The summed E-state index contributed by atoms with van der Waals surface area (Å²) >= 11 is 0. The second-order valence-corrected chi connectivity index (χ2v) is 4.58. The number of hydrogen-bond donors (Lipinski definition) is 0. The molecule has 0 fully saturated rings. The van der Waals surface area contributed by atoms with E-state index in [0.29, 0.717) is 5.57 Å². The minimum atomic E-state index is -0.573. The molecule has 0 heterocycles. The van der Waals surface area contributed by atoms with Crippen molar-refractivity contribution < 1.29 is 19.1 Å². The van der Waals surface area contributed by atoms with Crippen LogP contribution < -0.4 is 0 Å². The van der Waals surface area contributed by atoms with E-state index in [-0.39, 0.29) is 11.1 Å². The van der Waals surface area contributed by atoms with E-state index in [2.05, 4.69) is 0 Å². The predicted octanol–water partition coefficient (Wildman–Crippen LogP) is 2.57. The molecule has 0 aromatic heterocycles. The fourth-order valence-electron chi connectivity index (χ4n) is 2.13. The second kappa shape index (κ2) is 6.22. The van der Waals surface area contributed by atoms with Crippen molar-refractivity contribution in [2.45, 2.75) is 6.92 Å². The van der Waals surface area contributed by atoms with Crippen molar-refractivity contribution in [3.63, 3.8) is 0 Å². The molecule has 4 heteroatoms. The summed E-state index contributed by atoms with van der Waals surface area (Å²) in [6, 6.07) is 0. The Labute approximate surface area is 123 Å². The van der Waals surface area contributed by atoms with Crippen LogP contribution in [0.4, 0.5) is 0 Å². The van der Waals surface area contributed by atoms with Crippen molar-refractivity contribution >= 4 is 11.9 Å². The highest BCUT2D eigenvalue weighted by Gasteiger charge is 2.27. The molecule has 2 aliphatic carbocycles. The molecule has 0 atom stereocenters. The van der Waals surface area contributed by atoms with Gasteiger partial charge in [-0.3, -0.25) is 0 Å². The average molecular weight is 284 g/mol. The number of fused-ring (bicyclic) bond motifs is 1. The zero-order valence-electron chi connectivity index (χ0n) is 12.2. The summed E-state index contributed by atoms with van der Waals surface area (Å²) in [5, 5.41) is 0. The van der Waals surface area contributed by atoms with Crippen molar-refractivity contribution in [2.24, 2.45) is 0 Å².